The van der Waals surface area contributed by atoms with E-state index < -0.39 is 0 Å². The molecule has 1 saturated heterocycles. The SMILES string of the molecule is CCN1CCC(CNC(=O)c2cccc(N)c2OC)CC1. The Bertz CT molecular complexity index is 482. The van der Waals surface area contributed by atoms with Crippen LogP contribution in [0.2, 0.25) is 0 Å². The lowest BCUT2D eigenvalue weighted by Gasteiger charge is -2.31. The van der Waals surface area contributed by atoms with Gasteiger partial charge in [0.1, 0.15) is 0 Å². The number of carbonyl (C=O) groups is 1. The molecule has 116 valence electrons. The Labute approximate surface area is 126 Å². The molecule has 1 heterocycles. The summed E-state index contributed by atoms with van der Waals surface area (Å²) in [5.41, 5.74) is 6.82. The second-order valence-electron chi connectivity index (χ2n) is 5.52. The minimum Gasteiger partial charge on any atom is -0.494 e. The van der Waals surface area contributed by atoms with Crippen molar-refractivity contribution in [1.29, 1.82) is 0 Å². The summed E-state index contributed by atoms with van der Waals surface area (Å²) in [6.45, 7) is 6.26. The zero-order valence-electron chi connectivity index (χ0n) is 12.9. The van der Waals surface area contributed by atoms with Gasteiger partial charge in [0.15, 0.2) is 5.75 Å². The Balaban J connectivity index is 1.89. The fourth-order valence-corrected chi connectivity index (χ4v) is 2.80. The predicted molar refractivity (Wildman–Crippen MR) is 84.6 cm³/mol. The molecule has 0 saturated carbocycles. The average Bonchev–Trinajstić information content (AvgIpc) is 2.52. The fourth-order valence-electron chi connectivity index (χ4n) is 2.80. The Kier molecular flexibility index (Phi) is 5.44. The van der Waals surface area contributed by atoms with Gasteiger partial charge in [0.05, 0.1) is 18.4 Å². The van der Waals surface area contributed by atoms with Gasteiger partial charge in [0.25, 0.3) is 5.91 Å². The number of para-hydroxylation sites is 1. The number of hydrogen-bond donors (Lipinski definition) is 2. The summed E-state index contributed by atoms with van der Waals surface area (Å²) in [6.07, 6.45) is 2.28. The van der Waals surface area contributed by atoms with E-state index in [9.17, 15) is 4.79 Å². The third-order valence-electron chi connectivity index (χ3n) is 4.20. The molecule has 5 heteroatoms. The fraction of sp³-hybridized carbons (Fsp3) is 0.562. The molecule has 21 heavy (non-hydrogen) atoms. The third kappa shape index (κ3) is 3.88. The van der Waals surface area contributed by atoms with E-state index in [4.69, 9.17) is 10.5 Å². The van der Waals surface area contributed by atoms with Crippen molar-refractivity contribution in [2.45, 2.75) is 19.8 Å². The van der Waals surface area contributed by atoms with Crippen LogP contribution < -0.4 is 15.8 Å². The minimum absolute atomic E-state index is 0.114. The zero-order valence-corrected chi connectivity index (χ0v) is 12.9. The molecular weight excluding hydrogens is 266 g/mol. The third-order valence-corrected chi connectivity index (χ3v) is 4.20. The molecule has 1 aliphatic rings. The maximum absolute atomic E-state index is 12.3. The first-order valence-electron chi connectivity index (χ1n) is 7.58. The van der Waals surface area contributed by atoms with Crippen molar-refractivity contribution in [3.8, 4) is 5.75 Å². The summed E-state index contributed by atoms with van der Waals surface area (Å²) >= 11 is 0. The number of rotatable bonds is 5. The van der Waals surface area contributed by atoms with Gasteiger partial charge < -0.3 is 20.7 Å². The molecule has 0 radical (unpaired) electrons. The van der Waals surface area contributed by atoms with Crippen molar-refractivity contribution < 1.29 is 9.53 Å². The molecule has 1 aromatic rings. The molecule has 0 spiro atoms. The number of nitrogens with zero attached hydrogens (tertiary/aromatic N) is 1. The summed E-state index contributed by atoms with van der Waals surface area (Å²) in [5, 5.41) is 3.01. The van der Waals surface area contributed by atoms with E-state index >= 15 is 0 Å². The van der Waals surface area contributed by atoms with Crippen LogP contribution in [0.3, 0.4) is 0 Å². The molecule has 5 nitrogen and oxygen atoms in total. The number of carbonyl (C=O) groups excluding carboxylic acids is 1. The smallest absolute Gasteiger partial charge is 0.255 e. The molecule has 1 aromatic carbocycles. The van der Waals surface area contributed by atoms with Gasteiger partial charge in [0, 0.05) is 6.54 Å². The second kappa shape index (κ2) is 7.31. The maximum Gasteiger partial charge on any atom is 0.255 e. The average molecular weight is 291 g/mol. The number of amides is 1. The number of likely N-dealkylation sites (tertiary alicyclic amines) is 1. The summed E-state index contributed by atoms with van der Waals surface area (Å²) in [7, 11) is 1.53. The Hall–Kier alpha value is -1.75. The zero-order chi connectivity index (χ0) is 15.2. The van der Waals surface area contributed by atoms with Crippen molar-refractivity contribution in [3.63, 3.8) is 0 Å². The monoisotopic (exact) mass is 291 g/mol. The number of hydrogen-bond acceptors (Lipinski definition) is 4. The minimum atomic E-state index is -0.114. The molecule has 2 rings (SSSR count). The van der Waals surface area contributed by atoms with Crippen molar-refractivity contribution in [2.75, 3.05) is 39.0 Å². The normalized spacial score (nSPS) is 16.7. The van der Waals surface area contributed by atoms with Crippen LogP contribution in [0.25, 0.3) is 0 Å². The van der Waals surface area contributed by atoms with Gasteiger partial charge >= 0.3 is 0 Å². The summed E-state index contributed by atoms with van der Waals surface area (Å²) in [4.78, 5) is 14.7. The van der Waals surface area contributed by atoms with Crippen molar-refractivity contribution in [3.05, 3.63) is 23.8 Å². The van der Waals surface area contributed by atoms with Gasteiger partial charge in [-0.15, -0.1) is 0 Å². The maximum atomic E-state index is 12.3. The number of benzene rings is 1. The van der Waals surface area contributed by atoms with Crippen LogP contribution in [0.4, 0.5) is 5.69 Å². The van der Waals surface area contributed by atoms with E-state index in [2.05, 4.69) is 17.1 Å². The number of nitrogens with one attached hydrogen (secondary N) is 1. The van der Waals surface area contributed by atoms with E-state index in [1.54, 1.807) is 18.2 Å². The van der Waals surface area contributed by atoms with E-state index in [0.717, 1.165) is 32.5 Å². The second-order valence-corrected chi connectivity index (χ2v) is 5.52. The van der Waals surface area contributed by atoms with Gasteiger partial charge in [-0.3, -0.25) is 4.79 Å². The Morgan fingerprint density at radius 2 is 2.14 bits per heavy atom. The molecule has 0 unspecified atom stereocenters. The Morgan fingerprint density at radius 1 is 1.43 bits per heavy atom. The van der Waals surface area contributed by atoms with Crippen LogP contribution in [0.15, 0.2) is 18.2 Å². The summed E-state index contributed by atoms with van der Waals surface area (Å²) < 4.78 is 5.23. The number of nitrogens with two attached hydrogens (primary N) is 1. The predicted octanol–water partition coefficient (Wildman–Crippen LogP) is 1.74. The lowest BCUT2D eigenvalue weighted by atomic mass is 9.96. The molecular formula is C16H25N3O2. The topological polar surface area (TPSA) is 67.6 Å². The molecule has 0 aromatic heterocycles. The van der Waals surface area contributed by atoms with Gasteiger partial charge in [-0.05, 0) is 50.5 Å². The Morgan fingerprint density at radius 3 is 2.76 bits per heavy atom. The van der Waals surface area contributed by atoms with Crippen LogP contribution in [0, 0.1) is 5.92 Å². The van der Waals surface area contributed by atoms with Crippen LogP contribution in [-0.2, 0) is 0 Å². The highest BCUT2D eigenvalue weighted by Gasteiger charge is 2.20. The van der Waals surface area contributed by atoms with Gasteiger partial charge in [-0.25, -0.2) is 0 Å². The molecule has 3 N–H and O–H groups in total. The largest absolute Gasteiger partial charge is 0.494 e. The standard InChI is InChI=1S/C16H25N3O2/c1-3-19-9-7-12(8-10-19)11-18-16(20)13-5-4-6-14(17)15(13)21-2/h4-6,12H,3,7-11,17H2,1-2H3,(H,18,20). The lowest BCUT2D eigenvalue weighted by Crippen LogP contribution is -2.38. The van der Waals surface area contributed by atoms with E-state index in [-0.39, 0.29) is 5.91 Å². The van der Waals surface area contributed by atoms with E-state index in [1.165, 1.54) is 7.11 Å². The van der Waals surface area contributed by atoms with Crippen molar-refractivity contribution in [1.82, 2.24) is 10.2 Å². The first-order chi connectivity index (χ1) is 10.2. The van der Waals surface area contributed by atoms with Gasteiger partial charge in [-0.2, -0.15) is 0 Å². The van der Waals surface area contributed by atoms with Gasteiger partial charge in [0.2, 0.25) is 0 Å². The molecule has 0 atom stereocenters. The van der Waals surface area contributed by atoms with Crippen LogP contribution >= 0.6 is 0 Å². The van der Waals surface area contributed by atoms with Crippen LogP contribution in [0.1, 0.15) is 30.1 Å². The number of ether oxygens (including phenoxy) is 1. The highest BCUT2D eigenvalue weighted by Crippen LogP contribution is 2.25. The van der Waals surface area contributed by atoms with Crippen LogP contribution in [0.5, 0.6) is 5.75 Å². The first-order valence-corrected chi connectivity index (χ1v) is 7.58. The van der Waals surface area contributed by atoms with Gasteiger partial charge in [-0.1, -0.05) is 13.0 Å². The molecule has 0 aliphatic carbocycles. The highest BCUT2D eigenvalue weighted by molar-refractivity contribution is 5.98. The lowest BCUT2D eigenvalue weighted by molar-refractivity contribution is 0.0934. The quantitative estimate of drug-likeness (QED) is 0.811. The number of anilines is 1. The number of nitrogen functional groups attached to an aromatic ring is 1. The number of methoxy groups -OCH3 is 1. The van der Waals surface area contributed by atoms with Crippen LogP contribution in [-0.4, -0.2) is 44.1 Å². The first kappa shape index (κ1) is 15.6. The van der Waals surface area contributed by atoms with Crippen molar-refractivity contribution in [2.24, 2.45) is 5.92 Å². The van der Waals surface area contributed by atoms with Crippen molar-refractivity contribution >= 4 is 11.6 Å². The number of piperidine rings is 1. The molecule has 0 bridgehead atoms. The summed E-state index contributed by atoms with van der Waals surface area (Å²) in [5.74, 6) is 0.900. The van der Waals surface area contributed by atoms with E-state index in [0.29, 0.717) is 29.5 Å². The van der Waals surface area contributed by atoms with E-state index in [1.807, 2.05) is 0 Å². The summed E-state index contributed by atoms with van der Waals surface area (Å²) in [6, 6.07) is 5.24. The molecule has 1 amide bonds. The molecule has 1 aliphatic heterocycles. The molecule has 1 fully saturated rings. The highest BCUT2D eigenvalue weighted by atomic mass is 16.5.